The third-order valence-electron chi connectivity index (χ3n) is 5.78. The van der Waals surface area contributed by atoms with E-state index in [-0.39, 0.29) is 23.4 Å². The second kappa shape index (κ2) is 11.0. The Balaban J connectivity index is 1.63. The van der Waals surface area contributed by atoms with E-state index >= 15 is 0 Å². The Bertz CT molecular complexity index is 1760. The number of hydrogen-bond acceptors (Lipinski definition) is 4. The summed E-state index contributed by atoms with van der Waals surface area (Å²) in [6.07, 6.45) is -3.20. The zero-order valence-corrected chi connectivity index (χ0v) is 22.3. The van der Waals surface area contributed by atoms with E-state index in [4.69, 9.17) is 16.3 Å². The first-order chi connectivity index (χ1) is 18.7. The maximum absolute atomic E-state index is 13.5. The number of alkyl halides is 3. The van der Waals surface area contributed by atoms with Crippen LogP contribution in [0.2, 0.25) is 5.02 Å². The quantitative estimate of drug-likeness (QED) is 0.183. The summed E-state index contributed by atoms with van der Waals surface area (Å²) in [5.74, 6) is 0.378. The van der Waals surface area contributed by atoms with Crippen molar-refractivity contribution in [3.63, 3.8) is 0 Å². The molecule has 0 fully saturated rings. The number of nitrogens with zero attached hydrogens (tertiary/aromatic N) is 3. The van der Waals surface area contributed by atoms with Crippen molar-refractivity contribution in [2.45, 2.75) is 12.8 Å². The molecule has 5 rings (SSSR count). The number of fused-ring (bicyclic) bond motifs is 1. The molecule has 5 nitrogen and oxygen atoms in total. The van der Waals surface area contributed by atoms with Crippen LogP contribution in [0.15, 0.2) is 105 Å². The zero-order valence-electron chi connectivity index (χ0n) is 20.0. The van der Waals surface area contributed by atoms with E-state index in [9.17, 15) is 18.0 Å². The Hall–Kier alpha value is -3.95. The van der Waals surface area contributed by atoms with E-state index in [2.05, 4.69) is 26.0 Å². The van der Waals surface area contributed by atoms with Gasteiger partial charge in [-0.3, -0.25) is 4.79 Å². The van der Waals surface area contributed by atoms with Crippen LogP contribution in [0.4, 0.5) is 13.2 Å². The molecule has 0 saturated carbocycles. The highest BCUT2D eigenvalue weighted by Crippen LogP contribution is 2.34. The number of benzene rings is 4. The number of ether oxygens (including phenoxy) is 1. The van der Waals surface area contributed by atoms with Crippen molar-refractivity contribution in [3.8, 4) is 17.1 Å². The Labute approximate surface area is 234 Å². The highest BCUT2D eigenvalue weighted by atomic mass is 79.9. The van der Waals surface area contributed by atoms with Crippen molar-refractivity contribution in [3.05, 3.63) is 128 Å². The summed E-state index contributed by atoms with van der Waals surface area (Å²) in [6, 6.07) is 24.0. The largest absolute Gasteiger partial charge is 0.487 e. The molecular formula is C29H18BrClF3N3O2. The molecule has 1 heterocycles. The number of halogens is 5. The molecule has 0 radical (unpaired) electrons. The Morgan fingerprint density at radius 3 is 2.49 bits per heavy atom. The molecule has 0 amide bonds. The minimum Gasteiger partial charge on any atom is -0.487 e. The highest BCUT2D eigenvalue weighted by molar-refractivity contribution is 9.10. The lowest BCUT2D eigenvalue weighted by Gasteiger charge is -2.13. The maximum Gasteiger partial charge on any atom is 0.416 e. The summed E-state index contributed by atoms with van der Waals surface area (Å²) in [6.45, 7) is 0.259. The minimum atomic E-state index is -4.57. The molecule has 1 aromatic heterocycles. The number of para-hydroxylation sites is 1. The van der Waals surface area contributed by atoms with Gasteiger partial charge in [-0.2, -0.15) is 22.9 Å². The van der Waals surface area contributed by atoms with Crippen LogP contribution in [0.25, 0.3) is 22.3 Å². The van der Waals surface area contributed by atoms with Crippen LogP contribution in [0, 0.1) is 0 Å². The van der Waals surface area contributed by atoms with E-state index in [1.165, 1.54) is 18.3 Å². The van der Waals surface area contributed by atoms with Crippen LogP contribution in [-0.2, 0) is 12.8 Å². The van der Waals surface area contributed by atoms with E-state index in [0.717, 1.165) is 22.4 Å². The molecule has 0 spiro atoms. The fourth-order valence-electron chi connectivity index (χ4n) is 3.93. The van der Waals surface area contributed by atoms with E-state index in [1.807, 2.05) is 30.3 Å². The summed E-state index contributed by atoms with van der Waals surface area (Å²) in [4.78, 5) is 18.0. The standard InChI is InChI=1S/C29H18BrClF3N3O2/c30-24-15-22(31)14-20(26(24)39-17-18-7-2-1-3-8-18)16-35-37-27(19-9-6-10-21(13-19)29(32,33)34)36-25-12-5-4-11-23(25)28(37)38/h1-16H,17H2. The van der Waals surface area contributed by atoms with Gasteiger partial charge in [-0.1, -0.05) is 66.2 Å². The summed E-state index contributed by atoms with van der Waals surface area (Å²) < 4.78 is 47.9. The molecule has 0 aliphatic carbocycles. The number of aromatic nitrogens is 2. The molecule has 5 aromatic rings. The monoisotopic (exact) mass is 611 g/mol. The maximum atomic E-state index is 13.5. The van der Waals surface area contributed by atoms with Gasteiger partial charge in [-0.05, 0) is 57.9 Å². The van der Waals surface area contributed by atoms with Crippen LogP contribution >= 0.6 is 27.5 Å². The van der Waals surface area contributed by atoms with Crippen LogP contribution in [-0.4, -0.2) is 15.9 Å². The van der Waals surface area contributed by atoms with E-state index in [0.29, 0.717) is 26.3 Å². The van der Waals surface area contributed by atoms with Crippen molar-refractivity contribution in [1.29, 1.82) is 0 Å². The Morgan fingerprint density at radius 1 is 0.974 bits per heavy atom. The molecular weight excluding hydrogens is 595 g/mol. The predicted molar refractivity (Wildman–Crippen MR) is 149 cm³/mol. The molecule has 0 atom stereocenters. The SMILES string of the molecule is O=c1c2ccccc2nc(-c2cccc(C(F)(F)F)c2)n1N=Cc1cc(Cl)cc(Br)c1OCc1ccccc1. The van der Waals surface area contributed by atoms with Gasteiger partial charge in [0.05, 0.1) is 27.2 Å². The van der Waals surface area contributed by atoms with Crippen molar-refractivity contribution >= 4 is 44.6 Å². The van der Waals surface area contributed by atoms with Gasteiger partial charge in [-0.25, -0.2) is 4.98 Å². The second-order valence-electron chi connectivity index (χ2n) is 8.47. The van der Waals surface area contributed by atoms with Gasteiger partial charge in [0.2, 0.25) is 0 Å². The van der Waals surface area contributed by atoms with Crippen molar-refractivity contribution < 1.29 is 17.9 Å². The van der Waals surface area contributed by atoms with Gasteiger partial charge in [0, 0.05) is 16.1 Å². The fraction of sp³-hybridized carbons (Fsp3) is 0.0690. The fourth-order valence-corrected chi connectivity index (χ4v) is 4.88. The highest BCUT2D eigenvalue weighted by Gasteiger charge is 2.31. The molecule has 0 N–H and O–H groups in total. The van der Waals surface area contributed by atoms with Gasteiger partial charge in [0.25, 0.3) is 5.56 Å². The first-order valence-corrected chi connectivity index (χ1v) is 12.8. The van der Waals surface area contributed by atoms with Gasteiger partial charge >= 0.3 is 6.18 Å². The van der Waals surface area contributed by atoms with Crippen LogP contribution < -0.4 is 10.3 Å². The Kier molecular flexibility index (Phi) is 7.54. The normalized spacial score (nSPS) is 11.8. The average molecular weight is 613 g/mol. The molecule has 0 aliphatic rings. The summed E-state index contributed by atoms with van der Waals surface area (Å²) in [5, 5.41) is 5.02. The Morgan fingerprint density at radius 2 is 1.72 bits per heavy atom. The van der Waals surface area contributed by atoms with E-state index < -0.39 is 17.3 Å². The smallest absolute Gasteiger partial charge is 0.416 e. The number of hydrogen-bond donors (Lipinski definition) is 0. The molecule has 196 valence electrons. The first-order valence-electron chi connectivity index (χ1n) is 11.6. The minimum absolute atomic E-state index is 0.0473. The third-order valence-corrected chi connectivity index (χ3v) is 6.58. The summed E-state index contributed by atoms with van der Waals surface area (Å²) in [7, 11) is 0. The third kappa shape index (κ3) is 5.89. The van der Waals surface area contributed by atoms with Crippen LogP contribution in [0.5, 0.6) is 5.75 Å². The van der Waals surface area contributed by atoms with Crippen molar-refractivity contribution in [2.24, 2.45) is 5.10 Å². The predicted octanol–water partition coefficient (Wildman–Crippen LogP) is 7.96. The molecule has 39 heavy (non-hydrogen) atoms. The molecule has 0 bridgehead atoms. The zero-order chi connectivity index (χ0) is 27.6. The van der Waals surface area contributed by atoms with Crippen LogP contribution in [0.1, 0.15) is 16.7 Å². The lowest BCUT2D eigenvalue weighted by Crippen LogP contribution is -2.20. The van der Waals surface area contributed by atoms with Gasteiger partial charge in [-0.15, -0.1) is 0 Å². The summed E-state index contributed by atoms with van der Waals surface area (Å²) >= 11 is 9.75. The van der Waals surface area contributed by atoms with Gasteiger partial charge in [0.1, 0.15) is 12.4 Å². The van der Waals surface area contributed by atoms with Crippen LogP contribution in [0.3, 0.4) is 0 Å². The van der Waals surface area contributed by atoms with Gasteiger partial charge in [0.15, 0.2) is 5.82 Å². The second-order valence-corrected chi connectivity index (χ2v) is 9.76. The lowest BCUT2D eigenvalue weighted by molar-refractivity contribution is -0.137. The molecule has 0 saturated heterocycles. The van der Waals surface area contributed by atoms with Gasteiger partial charge < -0.3 is 4.74 Å². The number of rotatable bonds is 6. The first kappa shape index (κ1) is 26.6. The molecule has 0 aliphatic heterocycles. The van der Waals surface area contributed by atoms with Crippen molar-refractivity contribution in [1.82, 2.24) is 9.66 Å². The molecule has 10 heteroatoms. The van der Waals surface area contributed by atoms with E-state index in [1.54, 1.807) is 36.4 Å². The van der Waals surface area contributed by atoms with Crippen molar-refractivity contribution in [2.75, 3.05) is 0 Å². The lowest BCUT2D eigenvalue weighted by atomic mass is 10.1. The molecule has 4 aromatic carbocycles. The average Bonchev–Trinajstić information content (AvgIpc) is 2.92. The topological polar surface area (TPSA) is 56.5 Å². The molecule has 0 unspecified atom stereocenters. The summed E-state index contributed by atoms with van der Waals surface area (Å²) in [5.41, 5.74) is 0.381.